The van der Waals surface area contributed by atoms with Crippen LogP contribution in [0.25, 0.3) is 16.9 Å². The normalized spacial score (nSPS) is 12.5. The van der Waals surface area contributed by atoms with Crippen molar-refractivity contribution in [1.82, 2.24) is 9.78 Å². The number of primary amides is 1. The number of carbonyl (C=O) groups is 2. The first-order valence-corrected chi connectivity index (χ1v) is 12.3. The SMILES string of the molecule is NC(=O)c1nn(-c2ccc(S(N)(=O)=O)cc2)c2c1CCc1ccc(NC(=O)c3ccccc3)cc1-2. The van der Waals surface area contributed by atoms with E-state index in [0.717, 1.165) is 11.1 Å². The molecular weight excluding hydrogens is 466 g/mol. The van der Waals surface area contributed by atoms with Crippen molar-refractivity contribution in [3.63, 3.8) is 0 Å². The zero-order valence-corrected chi connectivity index (χ0v) is 19.2. The maximum Gasteiger partial charge on any atom is 0.269 e. The Labute approximate surface area is 201 Å². The predicted octanol–water partition coefficient (Wildman–Crippen LogP) is 2.64. The highest BCUT2D eigenvalue weighted by Gasteiger charge is 2.28. The Morgan fingerprint density at radius 2 is 1.66 bits per heavy atom. The van der Waals surface area contributed by atoms with Crippen LogP contribution in [0.15, 0.2) is 77.7 Å². The fourth-order valence-electron chi connectivity index (χ4n) is 4.27. The highest BCUT2D eigenvalue weighted by Crippen LogP contribution is 2.38. The van der Waals surface area contributed by atoms with Crippen molar-refractivity contribution < 1.29 is 18.0 Å². The van der Waals surface area contributed by atoms with E-state index in [2.05, 4.69) is 10.4 Å². The summed E-state index contributed by atoms with van der Waals surface area (Å²) in [7, 11) is -3.86. The first kappa shape index (κ1) is 22.5. The Hall–Kier alpha value is -4.28. The fourth-order valence-corrected chi connectivity index (χ4v) is 4.79. The minimum atomic E-state index is -3.86. The van der Waals surface area contributed by atoms with Gasteiger partial charge in [-0.3, -0.25) is 9.59 Å². The first-order chi connectivity index (χ1) is 16.7. The summed E-state index contributed by atoms with van der Waals surface area (Å²) in [6.07, 6.45) is 1.23. The number of aromatic nitrogens is 2. The van der Waals surface area contributed by atoms with Crippen molar-refractivity contribution in [3.05, 3.63) is 95.2 Å². The van der Waals surface area contributed by atoms with Crippen LogP contribution in [-0.4, -0.2) is 30.0 Å². The van der Waals surface area contributed by atoms with E-state index in [1.165, 1.54) is 12.1 Å². The molecule has 10 heteroatoms. The van der Waals surface area contributed by atoms with E-state index in [0.29, 0.717) is 41.0 Å². The molecule has 5 N–H and O–H groups in total. The zero-order valence-electron chi connectivity index (χ0n) is 18.4. The quantitative estimate of drug-likeness (QED) is 0.395. The number of amides is 2. The number of hydrogen-bond acceptors (Lipinski definition) is 5. The Balaban J connectivity index is 1.61. The Morgan fingerprint density at radius 3 is 2.31 bits per heavy atom. The zero-order chi connectivity index (χ0) is 24.7. The number of carbonyl (C=O) groups excluding carboxylic acids is 2. The lowest BCUT2D eigenvalue weighted by molar-refractivity contribution is 0.0992. The molecule has 1 aliphatic rings. The molecule has 9 nitrogen and oxygen atoms in total. The third kappa shape index (κ3) is 4.20. The van der Waals surface area contributed by atoms with Crippen LogP contribution in [0.4, 0.5) is 5.69 Å². The van der Waals surface area contributed by atoms with Gasteiger partial charge in [0.2, 0.25) is 10.0 Å². The molecule has 0 saturated carbocycles. The second-order valence-electron chi connectivity index (χ2n) is 8.18. The molecule has 35 heavy (non-hydrogen) atoms. The lowest BCUT2D eigenvalue weighted by Gasteiger charge is -2.20. The monoisotopic (exact) mass is 487 g/mol. The molecule has 0 atom stereocenters. The molecular formula is C25H21N5O4S. The van der Waals surface area contributed by atoms with E-state index >= 15 is 0 Å². The van der Waals surface area contributed by atoms with Gasteiger partial charge in [0.05, 0.1) is 16.3 Å². The van der Waals surface area contributed by atoms with Crippen molar-refractivity contribution in [2.24, 2.45) is 10.9 Å². The van der Waals surface area contributed by atoms with Crippen LogP contribution in [0.2, 0.25) is 0 Å². The number of rotatable bonds is 5. The van der Waals surface area contributed by atoms with Crippen LogP contribution >= 0.6 is 0 Å². The van der Waals surface area contributed by atoms with Gasteiger partial charge < -0.3 is 11.1 Å². The molecule has 1 heterocycles. The van der Waals surface area contributed by atoms with Gasteiger partial charge in [0, 0.05) is 22.4 Å². The van der Waals surface area contributed by atoms with Gasteiger partial charge >= 0.3 is 0 Å². The average molecular weight is 488 g/mol. The van der Waals surface area contributed by atoms with Gasteiger partial charge in [0.1, 0.15) is 0 Å². The van der Waals surface area contributed by atoms with Gasteiger partial charge in [-0.05, 0) is 66.9 Å². The summed E-state index contributed by atoms with van der Waals surface area (Å²) in [5.74, 6) is -0.898. The summed E-state index contributed by atoms with van der Waals surface area (Å²) in [5.41, 5.74) is 10.6. The molecule has 3 aromatic carbocycles. The van der Waals surface area contributed by atoms with Crippen molar-refractivity contribution in [2.75, 3.05) is 5.32 Å². The molecule has 0 bridgehead atoms. The second kappa shape index (κ2) is 8.49. The number of nitrogens with zero attached hydrogens (tertiary/aromatic N) is 2. The van der Waals surface area contributed by atoms with Crippen molar-refractivity contribution >= 4 is 27.5 Å². The predicted molar refractivity (Wildman–Crippen MR) is 131 cm³/mol. The van der Waals surface area contributed by atoms with E-state index < -0.39 is 15.9 Å². The highest BCUT2D eigenvalue weighted by atomic mass is 32.2. The maximum atomic E-state index is 12.7. The van der Waals surface area contributed by atoms with Gasteiger partial charge in [0.15, 0.2) is 5.69 Å². The smallest absolute Gasteiger partial charge is 0.269 e. The van der Waals surface area contributed by atoms with Crippen LogP contribution in [0.1, 0.15) is 32.0 Å². The average Bonchev–Trinajstić information content (AvgIpc) is 3.25. The minimum absolute atomic E-state index is 0.0382. The number of fused-ring (bicyclic) bond motifs is 3. The number of nitrogens with one attached hydrogen (secondary N) is 1. The number of primary sulfonamides is 1. The lowest BCUT2D eigenvalue weighted by atomic mass is 9.88. The largest absolute Gasteiger partial charge is 0.364 e. The maximum absolute atomic E-state index is 12.7. The number of anilines is 1. The molecule has 0 unspecified atom stereocenters. The second-order valence-corrected chi connectivity index (χ2v) is 9.74. The fraction of sp³-hybridized carbons (Fsp3) is 0.0800. The molecule has 4 aromatic rings. The van der Waals surface area contributed by atoms with Crippen molar-refractivity contribution in [2.45, 2.75) is 17.7 Å². The van der Waals surface area contributed by atoms with Crippen LogP contribution in [0.5, 0.6) is 0 Å². The number of hydrogen-bond donors (Lipinski definition) is 3. The number of nitrogens with two attached hydrogens (primary N) is 2. The third-order valence-corrected chi connectivity index (χ3v) is 6.86. The standard InChI is InChI=1S/C25H21N5O4S/c26-24(31)22-20-13-7-15-6-8-17(28-25(32)16-4-2-1-3-5-16)14-21(15)23(20)30(29-22)18-9-11-19(12-10-18)35(27,33)34/h1-6,8-12,14H,7,13H2,(H2,26,31)(H,28,32)(H2,27,33,34). The van der Waals surface area contributed by atoms with E-state index in [4.69, 9.17) is 10.9 Å². The van der Waals surface area contributed by atoms with Crippen molar-refractivity contribution in [1.29, 1.82) is 0 Å². The summed E-state index contributed by atoms with van der Waals surface area (Å²) in [6, 6.07) is 20.4. The highest BCUT2D eigenvalue weighted by molar-refractivity contribution is 7.89. The molecule has 0 spiro atoms. The molecule has 2 amide bonds. The Morgan fingerprint density at radius 1 is 0.943 bits per heavy atom. The first-order valence-electron chi connectivity index (χ1n) is 10.8. The summed E-state index contributed by atoms with van der Waals surface area (Å²) in [4.78, 5) is 24.8. The molecule has 0 radical (unpaired) electrons. The van der Waals surface area contributed by atoms with E-state index in [1.54, 1.807) is 41.1 Å². The molecule has 0 saturated heterocycles. The molecule has 1 aromatic heterocycles. The third-order valence-electron chi connectivity index (χ3n) is 5.93. The van der Waals surface area contributed by atoms with Gasteiger partial charge in [0.25, 0.3) is 11.8 Å². The van der Waals surface area contributed by atoms with Crippen LogP contribution < -0.4 is 16.2 Å². The number of aryl methyl sites for hydroxylation is 1. The van der Waals surface area contributed by atoms with Gasteiger partial charge in [-0.1, -0.05) is 24.3 Å². The lowest BCUT2D eigenvalue weighted by Crippen LogP contribution is -2.15. The molecule has 0 aliphatic heterocycles. The van der Waals surface area contributed by atoms with Crippen LogP contribution in [0, 0.1) is 0 Å². The molecule has 5 rings (SSSR count). The Kier molecular flexibility index (Phi) is 5.46. The summed E-state index contributed by atoms with van der Waals surface area (Å²) in [5, 5.41) is 12.6. The number of benzene rings is 3. The summed E-state index contributed by atoms with van der Waals surface area (Å²) in [6.45, 7) is 0. The molecule has 176 valence electrons. The van der Waals surface area contributed by atoms with Gasteiger partial charge in [-0.2, -0.15) is 5.10 Å². The topological polar surface area (TPSA) is 150 Å². The molecule has 0 fully saturated rings. The minimum Gasteiger partial charge on any atom is -0.364 e. The number of sulfonamides is 1. The molecule has 1 aliphatic carbocycles. The summed E-state index contributed by atoms with van der Waals surface area (Å²) < 4.78 is 24.9. The van der Waals surface area contributed by atoms with E-state index in [1.807, 2.05) is 24.3 Å². The van der Waals surface area contributed by atoms with Crippen LogP contribution in [-0.2, 0) is 22.9 Å². The van der Waals surface area contributed by atoms with Gasteiger partial charge in [-0.25, -0.2) is 18.2 Å². The van der Waals surface area contributed by atoms with E-state index in [-0.39, 0.29) is 16.5 Å². The van der Waals surface area contributed by atoms with E-state index in [9.17, 15) is 18.0 Å². The van der Waals surface area contributed by atoms with Crippen molar-refractivity contribution in [3.8, 4) is 16.9 Å². The van der Waals surface area contributed by atoms with Gasteiger partial charge in [-0.15, -0.1) is 0 Å². The summed E-state index contributed by atoms with van der Waals surface area (Å²) >= 11 is 0. The van der Waals surface area contributed by atoms with Crippen LogP contribution in [0.3, 0.4) is 0 Å². The Bertz CT molecular complexity index is 1580.